The summed E-state index contributed by atoms with van der Waals surface area (Å²) >= 11 is 0. The number of halogens is 3. The molecule has 1 heterocycles. The second-order valence-electron chi connectivity index (χ2n) is 8.84. The van der Waals surface area contributed by atoms with Gasteiger partial charge in [0.25, 0.3) is 0 Å². The number of imidazole rings is 1. The van der Waals surface area contributed by atoms with E-state index in [1.165, 1.54) is 12.1 Å². The summed E-state index contributed by atoms with van der Waals surface area (Å²) in [6.45, 7) is 4.93. The third-order valence-electron chi connectivity index (χ3n) is 6.26. The summed E-state index contributed by atoms with van der Waals surface area (Å²) in [6, 6.07) is 14.6. The summed E-state index contributed by atoms with van der Waals surface area (Å²) in [4.78, 5) is 17.1. The zero-order valence-electron chi connectivity index (χ0n) is 20.3. The lowest BCUT2D eigenvalue weighted by molar-refractivity contribution is -0.138. The van der Waals surface area contributed by atoms with Crippen molar-refractivity contribution >= 4 is 5.91 Å². The monoisotopic (exact) mass is 497 g/mol. The zero-order valence-corrected chi connectivity index (χ0v) is 20.3. The maximum absolute atomic E-state index is 13.3. The van der Waals surface area contributed by atoms with Gasteiger partial charge in [0.05, 0.1) is 29.9 Å². The molecular weight excluding hydrogens is 467 g/mol. The molecule has 0 saturated heterocycles. The van der Waals surface area contributed by atoms with E-state index in [0.717, 1.165) is 23.7 Å². The lowest BCUT2D eigenvalue weighted by Crippen LogP contribution is -2.46. The molecule has 3 rings (SSSR count). The van der Waals surface area contributed by atoms with E-state index in [0.29, 0.717) is 18.7 Å². The number of nitrogens with one attached hydrogen (secondary N) is 2. The number of carbonyl (C=O) groups is 1. The second kappa shape index (κ2) is 12.4. The predicted molar refractivity (Wildman–Crippen MR) is 131 cm³/mol. The Morgan fingerprint density at radius 1 is 1.17 bits per heavy atom. The summed E-state index contributed by atoms with van der Waals surface area (Å²) in [6.07, 6.45) is -0.174. The molecule has 2 unspecified atom stereocenters. The van der Waals surface area contributed by atoms with Crippen molar-refractivity contribution < 1.29 is 18.0 Å². The first kappa shape index (κ1) is 27.0. The van der Waals surface area contributed by atoms with Crippen LogP contribution in [0.5, 0.6) is 0 Å². The van der Waals surface area contributed by atoms with Gasteiger partial charge < -0.3 is 15.2 Å². The molecule has 1 amide bonds. The van der Waals surface area contributed by atoms with Crippen LogP contribution in [0.4, 0.5) is 13.2 Å². The average molecular weight is 498 g/mol. The van der Waals surface area contributed by atoms with E-state index >= 15 is 0 Å². The van der Waals surface area contributed by atoms with Crippen LogP contribution < -0.4 is 10.6 Å². The molecule has 1 aromatic heterocycles. The lowest BCUT2D eigenvalue weighted by Gasteiger charge is -2.25. The Labute approximate surface area is 209 Å². The van der Waals surface area contributed by atoms with Crippen molar-refractivity contribution in [3.05, 3.63) is 89.0 Å². The van der Waals surface area contributed by atoms with Gasteiger partial charge in [-0.3, -0.25) is 4.79 Å². The van der Waals surface area contributed by atoms with E-state index in [9.17, 15) is 18.0 Å². The predicted octanol–water partition coefficient (Wildman–Crippen LogP) is 4.69. The molecule has 6 nitrogen and oxygen atoms in total. The van der Waals surface area contributed by atoms with Gasteiger partial charge in [0, 0.05) is 37.6 Å². The molecule has 0 spiro atoms. The molecule has 3 aromatic rings. The van der Waals surface area contributed by atoms with Crippen molar-refractivity contribution in [2.45, 2.75) is 52.0 Å². The minimum atomic E-state index is -4.41. The minimum absolute atomic E-state index is 0.0514. The third kappa shape index (κ3) is 7.43. The molecule has 2 aromatic carbocycles. The van der Waals surface area contributed by atoms with Gasteiger partial charge in [-0.25, -0.2) is 4.98 Å². The molecule has 0 bridgehead atoms. The van der Waals surface area contributed by atoms with Gasteiger partial charge in [-0.15, -0.1) is 0 Å². The summed E-state index contributed by atoms with van der Waals surface area (Å²) in [5.41, 5.74) is 1.82. The Kier molecular flexibility index (Phi) is 9.25. The van der Waals surface area contributed by atoms with Gasteiger partial charge in [-0.2, -0.15) is 18.4 Å². The Bertz CT molecular complexity index is 1180. The van der Waals surface area contributed by atoms with Crippen molar-refractivity contribution in [3.8, 4) is 6.07 Å². The van der Waals surface area contributed by atoms with Crippen LogP contribution in [-0.2, 0) is 30.5 Å². The van der Waals surface area contributed by atoms with E-state index in [-0.39, 0.29) is 36.4 Å². The number of amides is 1. The number of hydrogen-bond acceptors (Lipinski definition) is 4. The highest BCUT2D eigenvalue weighted by Crippen LogP contribution is 2.31. The maximum atomic E-state index is 13.3. The number of aromatic nitrogens is 2. The van der Waals surface area contributed by atoms with E-state index in [1.807, 2.05) is 30.5 Å². The van der Waals surface area contributed by atoms with Crippen LogP contribution in [-0.4, -0.2) is 28.0 Å². The second-order valence-corrected chi connectivity index (χ2v) is 8.84. The largest absolute Gasteiger partial charge is 0.416 e. The maximum Gasteiger partial charge on any atom is 0.416 e. The number of nitrogens with zero attached hydrogens (tertiary/aromatic N) is 3. The Morgan fingerprint density at radius 2 is 1.89 bits per heavy atom. The van der Waals surface area contributed by atoms with E-state index in [4.69, 9.17) is 5.26 Å². The van der Waals surface area contributed by atoms with Crippen molar-refractivity contribution in [2.24, 2.45) is 5.92 Å². The average Bonchev–Trinajstić information content (AvgIpc) is 3.29. The first-order valence-electron chi connectivity index (χ1n) is 11.8. The van der Waals surface area contributed by atoms with E-state index in [2.05, 4.69) is 21.7 Å². The number of hydrogen-bond donors (Lipinski definition) is 2. The fourth-order valence-corrected chi connectivity index (χ4v) is 3.93. The summed E-state index contributed by atoms with van der Waals surface area (Å²) < 4.78 is 41.7. The molecule has 2 N–H and O–H groups in total. The normalized spacial score (nSPS) is 13.1. The molecule has 9 heteroatoms. The highest BCUT2D eigenvalue weighted by Gasteiger charge is 2.32. The van der Waals surface area contributed by atoms with Gasteiger partial charge in [0.15, 0.2) is 0 Å². The van der Waals surface area contributed by atoms with Crippen LogP contribution in [0.25, 0.3) is 0 Å². The molecule has 0 saturated carbocycles. The summed E-state index contributed by atoms with van der Waals surface area (Å²) in [7, 11) is 0. The molecule has 2 atom stereocenters. The highest BCUT2D eigenvalue weighted by molar-refractivity contribution is 5.78. The van der Waals surface area contributed by atoms with Crippen molar-refractivity contribution in [1.29, 1.82) is 5.26 Å². The number of carbonyl (C=O) groups excluding carboxylic acids is 1. The fraction of sp³-hybridized carbons (Fsp3) is 0.370. The standard InChI is InChI=1S/C27H30F3N5O/c1-3-19(2)25(16-32-14-22-6-4-5-7-24(22)27(28,29)30)34-26(36)12-23-15-33-18-35(23)17-21-10-8-20(13-31)9-11-21/h4-11,15,18-19,25,32H,3,12,14,16-17H2,1-2H3,(H,34,36). The van der Waals surface area contributed by atoms with Crippen LogP contribution in [0.3, 0.4) is 0 Å². The summed E-state index contributed by atoms with van der Waals surface area (Å²) in [5, 5.41) is 15.1. The van der Waals surface area contributed by atoms with Crippen LogP contribution in [0.1, 0.15) is 48.2 Å². The number of rotatable bonds is 11. The topological polar surface area (TPSA) is 82.7 Å². The Hall–Kier alpha value is -3.64. The zero-order chi connectivity index (χ0) is 26.1. The first-order valence-corrected chi connectivity index (χ1v) is 11.8. The SMILES string of the molecule is CCC(C)C(CNCc1ccccc1C(F)(F)F)NC(=O)Cc1cncn1Cc1ccc(C#N)cc1. The van der Waals surface area contributed by atoms with Gasteiger partial charge in [0.2, 0.25) is 5.91 Å². The fourth-order valence-electron chi connectivity index (χ4n) is 3.93. The summed E-state index contributed by atoms with van der Waals surface area (Å²) in [5.74, 6) is -0.0535. The molecule has 36 heavy (non-hydrogen) atoms. The first-order chi connectivity index (χ1) is 17.2. The van der Waals surface area contributed by atoms with Crippen LogP contribution in [0, 0.1) is 17.2 Å². The lowest BCUT2D eigenvalue weighted by atomic mass is 9.98. The van der Waals surface area contributed by atoms with E-state index < -0.39 is 11.7 Å². The van der Waals surface area contributed by atoms with Crippen molar-refractivity contribution in [1.82, 2.24) is 20.2 Å². The van der Waals surface area contributed by atoms with Crippen LogP contribution >= 0.6 is 0 Å². The molecule has 0 radical (unpaired) electrons. The molecule has 0 fully saturated rings. The van der Waals surface area contributed by atoms with Crippen LogP contribution in [0.15, 0.2) is 61.1 Å². The minimum Gasteiger partial charge on any atom is -0.351 e. The number of alkyl halides is 3. The van der Waals surface area contributed by atoms with Gasteiger partial charge in [-0.1, -0.05) is 50.6 Å². The molecular formula is C27H30F3N5O. The Balaban J connectivity index is 1.59. The third-order valence-corrected chi connectivity index (χ3v) is 6.26. The van der Waals surface area contributed by atoms with Gasteiger partial charge in [0.1, 0.15) is 0 Å². The van der Waals surface area contributed by atoms with Crippen molar-refractivity contribution in [3.63, 3.8) is 0 Å². The molecule has 190 valence electrons. The van der Waals surface area contributed by atoms with Gasteiger partial charge >= 0.3 is 6.18 Å². The molecule has 0 aliphatic heterocycles. The molecule has 0 aliphatic rings. The van der Waals surface area contributed by atoms with Crippen molar-refractivity contribution in [2.75, 3.05) is 6.54 Å². The quantitative estimate of drug-likeness (QED) is 0.403. The molecule has 0 aliphatic carbocycles. The number of nitriles is 1. The van der Waals surface area contributed by atoms with Crippen LogP contribution in [0.2, 0.25) is 0 Å². The highest BCUT2D eigenvalue weighted by atomic mass is 19.4. The Morgan fingerprint density at radius 3 is 2.56 bits per heavy atom. The smallest absolute Gasteiger partial charge is 0.351 e. The number of benzene rings is 2. The van der Waals surface area contributed by atoms with Gasteiger partial charge in [-0.05, 0) is 35.2 Å². The van der Waals surface area contributed by atoms with E-state index in [1.54, 1.807) is 30.7 Å².